The highest BCUT2D eigenvalue weighted by atomic mass is 16.5. The molecule has 0 unspecified atom stereocenters. The predicted octanol–water partition coefficient (Wildman–Crippen LogP) is 4.49. The lowest BCUT2D eigenvalue weighted by Crippen LogP contribution is -2.34. The van der Waals surface area contributed by atoms with Crippen molar-refractivity contribution in [3.8, 4) is 5.75 Å². The van der Waals surface area contributed by atoms with Crippen molar-refractivity contribution in [1.29, 1.82) is 0 Å². The molecular weight excluding hydrogens is 246 g/mol. The summed E-state index contributed by atoms with van der Waals surface area (Å²) in [6, 6.07) is 9.36. The maximum absolute atomic E-state index is 5.24. The molecule has 0 spiro atoms. The number of methoxy groups -OCH3 is 1. The van der Waals surface area contributed by atoms with E-state index >= 15 is 0 Å². The minimum absolute atomic E-state index is 0.787. The smallest absolute Gasteiger partial charge is 0.118 e. The predicted molar refractivity (Wildman–Crippen MR) is 85.1 cm³/mol. The highest BCUT2D eigenvalue weighted by Gasteiger charge is 2.22. The minimum atomic E-state index is 0.787. The van der Waals surface area contributed by atoms with E-state index in [1.807, 2.05) is 0 Å². The van der Waals surface area contributed by atoms with Crippen LogP contribution in [-0.4, -0.2) is 24.6 Å². The van der Waals surface area contributed by atoms with Crippen LogP contribution in [0, 0.1) is 5.92 Å². The maximum Gasteiger partial charge on any atom is 0.118 e. The number of hydrogen-bond acceptors (Lipinski definition) is 2. The summed E-state index contributed by atoms with van der Waals surface area (Å²) in [5.41, 5.74) is 1.40. The topological polar surface area (TPSA) is 12.5 Å². The lowest BCUT2D eigenvalue weighted by Gasteiger charge is -2.29. The number of nitrogens with zero attached hydrogens (tertiary/aromatic N) is 1. The Morgan fingerprint density at radius 2 is 1.80 bits per heavy atom. The van der Waals surface area contributed by atoms with Gasteiger partial charge in [-0.2, -0.15) is 0 Å². The molecule has 0 heterocycles. The van der Waals surface area contributed by atoms with Gasteiger partial charge in [-0.1, -0.05) is 38.8 Å². The molecule has 0 amide bonds. The monoisotopic (exact) mass is 275 g/mol. The van der Waals surface area contributed by atoms with E-state index in [4.69, 9.17) is 4.74 Å². The first-order chi connectivity index (χ1) is 9.69. The first-order valence-corrected chi connectivity index (χ1v) is 8.06. The summed E-state index contributed by atoms with van der Waals surface area (Å²) in [4.78, 5) is 2.70. The van der Waals surface area contributed by atoms with E-state index in [9.17, 15) is 0 Å². The first kappa shape index (κ1) is 15.4. The molecule has 0 N–H and O–H groups in total. The van der Waals surface area contributed by atoms with Crippen LogP contribution >= 0.6 is 0 Å². The zero-order valence-corrected chi connectivity index (χ0v) is 13.3. The summed E-state index contributed by atoms with van der Waals surface area (Å²) in [5.74, 6) is 1.73. The molecule has 0 radical (unpaired) electrons. The van der Waals surface area contributed by atoms with E-state index in [-0.39, 0.29) is 0 Å². The van der Waals surface area contributed by atoms with Crippen LogP contribution in [0.25, 0.3) is 0 Å². The van der Waals surface area contributed by atoms with E-state index in [1.54, 1.807) is 7.11 Å². The molecular formula is C18H29NO. The lowest BCUT2D eigenvalue weighted by molar-refractivity contribution is 0.179. The van der Waals surface area contributed by atoms with Crippen LogP contribution in [0.15, 0.2) is 24.3 Å². The van der Waals surface area contributed by atoms with Gasteiger partial charge in [-0.3, -0.25) is 4.90 Å². The second-order valence-corrected chi connectivity index (χ2v) is 6.44. The molecule has 2 heteroatoms. The third-order valence-electron chi connectivity index (χ3n) is 4.38. The van der Waals surface area contributed by atoms with Gasteiger partial charge in [0.25, 0.3) is 0 Å². The Kier molecular flexibility index (Phi) is 5.90. The molecule has 0 saturated heterocycles. The van der Waals surface area contributed by atoms with E-state index in [1.165, 1.54) is 44.2 Å². The van der Waals surface area contributed by atoms with E-state index in [2.05, 4.69) is 43.0 Å². The average molecular weight is 275 g/mol. The van der Waals surface area contributed by atoms with Gasteiger partial charge in [0.1, 0.15) is 5.75 Å². The van der Waals surface area contributed by atoms with Gasteiger partial charge in [0.05, 0.1) is 7.11 Å². The first-order valence-electron chi connectivity index (χ1n) is 8.06. The zero-order chi connectivity index (χ0) is 14.4. The van der Waals surface area contributed by atoms with Crippen LogP contribution in [-0.2, 0) is 6.54 Å². The Balaban J connectivity index is 1.97. The van der Waals surface area contributed by atoms with Crippen LogP contribution < -0.4 is 4.74 Å². The number of ether oxygens (including phenoxy) is 1. The molecule has 0 aromatic heterocycles. The Labute approximate surface area is 124 Å². The highest BCUT2D eigenvalue weighted by molar-refractivity contribution is 5.27. The molecule has 1 saturated carbocycles. The second kappa shape index (κ2) is 7.68. The van der Waals surface area contributed by atoms with Crippen molar-refractivity contribution in [3.05, 3.63) is 29.8 Å². The molecule has 2 rings (SSSR count). The van der Waals surface area contributed by atoms with Gasteiger partial charge >= 0.3 is 0 Å². The third-order valence-corrected chi connectivity index (χ3v) is 4.38. The molecule has 20 heavy (non-hydrogen) atoms. The van der Waals surface area contributed by atoms with Crippen molar-refractivity contribution in [1.82, 2.24) is 4.90 Å². The van der Waals surface area contributed by atoms with Crippen LogP contribution in [0.5, 0.6) is 5.75 Å². The summed E-state index contributed by atoms with van der Waals surface area (Å²) in [6.07, 6.45) is 6.88. The summed E-state index contributed by atoms with van der Waals surface area (Å²) >= 11 is 0. The normalized spacial score (nSPS) is 16.2. The van der Waals surface area contributed by atoms with Gasteiger partial charge in [-0.15, -0.1) is 0 Å². The van der Waals surface area contributed by atoms with Crippen molar-refractivity contribution in [2.45, 2.75) is 58.5 Å². The van der Waals surface area contributed by atoms with Crippen molar-refractivity contribution in [2.24, 2.45) is 5.92 Å². The van der Waals surface area contributed by atoms with E-state index in [0.29, 0.717) is 0 Å². The summed E-state index contributed by atoms with van der Waals surface area (Å²) < 4.78 is 5.24. The highest BCUT2D eigenvalue weighted by Crippen LogP contribution is 2.26. The molecule has 1 aliphatic carbocycles. The lowest BCUT2D eigenvalue weighted by atomic mass is 10.1. The fourth-order valence-corrected chi connectivity index (χ4v) is 3.05. The molecule has 0 atom stereocenters. The number of rotatable bonds is 7. The molecule has 1 fully saturated rings. The van der Waals surface area contributed by atoms with Gasteiger partial charge in [0.2, 0.25) is 0 Å². The Morgan fingerprint density at radius 1 is 1.15 bits per heavy atom. The van der Waals surface area contributed by atoms with Crippen molar-refractivity contribution in [2.75, 3.05) is 13.7 Å². The van der Waals surface area contributed by atoms with Crippen molar-refractivity contribution < 1.29 is 4.74 Å². The summed E-state index contributed by atoms with van der Waals surface area (Å²) in [5, 5.41) is 0. The molecule has 1 aliphatic rings. The zero-order valence-electron chi connectivity index (χ0n) is 13.3. The molecule has 0 aliphatic heterocycles. The van der Waals surface area contributed by atoms with Gasteiger partial charge in [0, 0.05) is 12.6 Å². The number of benzene rings is 1. The minimum Gasteiger partial charge on any atom is -0.497 e. The van der Waals surface area contributed by atoms with Gasteiger partial charge in [-0.05, 0) is 49.4 Å². The summed E-state index contributed by atoms with van der Waals surface area (Å²) in [6.45, 7) is 6.95. The number of hydrogen-bond donors (Lipinski definition) is 0. The third kappa shape index (κ3) is 4.52. The average Bonchev–Trinajstić information content (AvgIpc) is 2.98. The largest absolute Gasteiger partial charge is 0.497 e. The molecule has 2 nitrogen and oxygen atoms in total. The van der Waals surface area contributed by atoms with Crippen LogP contribution in [0.4, 0.5) is 0 Å². The van der Waals surface area contributed by atoms with Gasteiger partial charge in [-0.25, -0.2) is 0 Å². The molecule has 1 aromatic rings. The van der Waals surface area contributed by atoms with E-state index < -0.39 is 0 Å². The Hall–Kier alpha value is -1.02. The quantitative estimate of drug-likeness (QED) is 0.727. The van der Waals surface area contributed by atoms with Gasteiger partial charge < -0.3 is 4.74 Å². The summed E-state index contributed by atoms with van der Waals surface area (Å²) in [7, 11) is 1.72. The van der Waals surface area contributed by atoms with Crippen LogP contribution in [0.3, 0.4) is 0 Å². The molecule has 0 bridgehead atoms. The SMILES string of the molecule is COc1ccc(CN(CCC(C)C)C2CCCC2)cc1. The van der Waals surface area contributed by atoms with Crippen LogP contribution in [0.1, 0.15) is 51.5 Å². The fraction of sp³-hybridized carbons (Fsp3) is 0.667. The van der Waals surface area contributed by atoms with Crippen molar-refractivity contribution in [3.63, 3.8) is 0 Å². The van der Waals surface area contributed by atoms with Gasteiger partial charge in [0.15, 0.2) is 0 Å². The van der Waals surface area contributed by atoms with Crippen LogP contribution in [0.2, 0.25) is 0 Å². The fourth-order valence-electron chi connectivity index (χ4n) is 3.05. The Bertz CT molecular complexity index is 379. The standard InChI is InChI=1S/C18H29NO/c1-15(2)12-13-19(17-6-4-5-7-17)14-16-8-10-18(20-3)11-9-16/h8-11,15,17H,4-7,12-14H2,1-3H3. The molecule has 112 valence electrons. The van der Waals surface area contributed by atoms with E-state index in [0.717, 1.165) is 24.3 Å². The van der Waals surface area contributed by atoms with Crippen molar-refractivity contribution >= 4 is 0 Å². The maximum atomic E-state index is 5.24. The molecule has 1 aromatic carbocycles. The second-order valence-electron chi connectivity index (χ2n) is 6.44. The Morgan fingerprint density at radius 3 is 2.35 bits per heavy atom.